The van der Waals surface area contributed by atoms with Crippen molar-refractivity contribution in [2.24, 2.45) is 0 Å². The lowest BCUT2D eigenvalue weighted by atomic mass is 10.1. The molecule has 0 aliphatic rings. The van der Waals surface area contributed by atoms with Crippen molar-refractivity contribution >= 4 is 43.5 Å². The molecule has 3 aromatic carbocycles. The summed E-state index contributed by atoms with van der Waals surface area (Å²) in [5.41, 5.74) is 2.20. The van der Waals surface area contributed by atoms with Gasteiger partial charge in [0.05, 0.1) is 10.6 Å². The van der Waals surface area contributed by atoms with Gasteiger partial charge in [0.15, 0.2) is 0 Å². The van der Waals surface area contributed by atoms with Crippen LogP contribution >= 0.6 is 15.9 Å². The highest BCUT2D eigenvalue weighted by molar-refractivity contribution is 9.10. The largest absolute Gasteiger partial charge is 0.355 e. The van der Waals surface area contributed by atoms with E-state index in [0.717, 1.165) is 15.4 Å². The van der Waals surface area contributed by atoms with Gasteiger partial charge in [-0.3, -0.25) is 13.9 Å². The molecule has 0 unspecified atom stereocenters. The minimum absolute atomic E-state index is 0.0692. The molecule has 0 radical (unpaired) electrons. The summed E-state index contributed by atoms with van der Waals surface area (Å²) in [6, 6.07) is 21.6. The number of hydrogen-bond donors (Lipinski definition) is 1. The maximum atomic E-state index is 13.8. The summed E-state index contributed by atoms with van der Waals surface area (Å²) in [6.45, 7) is 5.51. The van der Waals surface area contributed by atoms with E-state index in [4.69, 9.17) is 0 Å². The zero-order valence-electron chi connectivity index (χ0n) is 20.5. The normalized spacial score (nSPS) is 12.0. The zero-order chi connectivity index (χ0) is 26.3. The Bertz CT molecular complexity index is 1320. The van der Waals surface area contributed by atoms with Crippen LogP contribution in [0.5, 0.6) is 0 Å². The molecule has 0 aliphatic carbocycles. The van der Waals surface area contributed by atoms with Crippen LogP contribution in [-0.4, -0.2) is 44.3 Å². The second-order valence-corrected chi connectivity index (χ2v) is 11.2. The molecule has 7 nitrogen and oxygen atoms in total. The van der Waals surface area contributed by atoms with Crippen molar-refractivity contribution in [3.63, 3.8) is 0 Å². The van der Waals surface area contributed by atoms with Crippen molar-refractivity contribution in [1.82, 2.24) is 10.2 Å². The number of hydrogen-bond acceptors (Lipinski definition) is 4. The molecule has 0 saturated carbocycles. The zero-order valence-corrected chi connectivity index (χ0v) is 22.9. The fourth-order valence-electron chi connectivity index (χ4n) is 3.79. The molecule has 1 N–H and O–H groups in total. The van der Waals surface area contributed by atoms with Gasteiger partial charge in [0.25, 0.3) is 10.0 Å². The Morgan fingerprint density at radius 2 is 1.67 bits per heavy atom. The predicted octanol–water partition coefficient (Wildman–Crippen LogP) is 4.51. The van der Waals surface area contributed by atoms with Gasteiger partial charge < -0.3 is 10.2 Å². The van der Waals surface area contributed by atoms with Crippen LogP contribution in [-0.2, 0) is 26.2 Å². The van der Waals surface area contributed by atoms with E-state index in [1.54, 1.807) is 56.3 Å². The summed E-state index contributed by atoms with van der Waals surface area (Å²) in [4.78, 5) is 28.0. The van der Waals surface area contributed by atoms with Crippen molar-refractivity contribution in [2.45, 2.75) is 38.3 Å². The van der Waals surface area contributed by atoms with Gasteiger partial charge >= 0.3 is 0 Å². The van der Waals surface area contributed by atoms with E-state index < -0.39 is 28.5 Å². The van der Waals surface area contributed by atoms with Crippen LogP contribution in [0.4, 0.5) is 5.69 Å². The van der Waals surface area contributed by atoms with Crippen molar-refractivity contribution in [2.75, 3.05) is 17.4 Å². The first-order valence-corrected chi connectivity index (χ1v) is 13.8. The van der Waals surface area contributed by atoms with Crippen LogP contribution in [0.15, 0.2) is 88.2 Å². The van der Waals surface area contributed by atoms with Gasteiger partial charge in [-0.15, -0.1) is 0 Å². The number of anilines is 1. The molecule has 0 aliphatic heterocycles. The topological polar surface area (TPSA) is 86.8 Å². The van der Waals surface area contributed by atoms with E-state index in [0.29, 0.717) is 16.7 Å². The molecule has 0 spiro atoms. The Labute approximate surface area is 221 Å². The SMILES string of the molecule is CCNC(=O)[C@H](C)N(Cc1cccc(C)c1)C(=O)CN(c1cccc(Br)c1)S(=O)(=O)c1ccccc1. The van der Waals surface area contributed by atoms with Crippen LogP contribution in [0.3, 0.4) is 0 Å². The highest BCUT2D eigenvalue weighted by atomic mass is 79.9. The molecule has 1 atom stereocenters. The summed E-state index contributed by atoms with van der Waals surface area (Å²) in [7, 11) is -4.07. The van der Waals surface area contributed by atoms with Crippen LogP contribution in [0.2, 0.25) is 0 Å². The summed E-state index contributed by atoms with van der Waals surface area (Å²) in [5, 5.41) is 2.76. The monoisotopic (exact) mass is 571 g/mol. The smallest absolute Gasteiger partial charge is 0.264 e. The fraction of sp³-hybridized carbons (Fsp3) is 0.259. The minimum atomic E-state index is -4.07. The first-order chi connectivity index (χ1) is 17.1. The molecule has 9 heteroatoms. The standard InChI is InChI=1S/C27H30BrN3O4S/c1-4-29-27(33)21(3)30(18-22-11-8-10-20(2)16-22)26(32)19-31(24-13-9-12-23(28)17-24)36(34,35)25-14-6-5-7-15-25/h5-17,21H,4,18-19H2,1-3H3,(H,29,33)/t21-/m0/s1. The number of amides is 2. The van der Waals surface area contributed by atoms with Gasteiger partial charge in [0, 0.05) is 17.6 Å². The number of likely N-dealkylation sites (N-methyl/N-ethyl adjacent to an activating group) is 1. The van der Waals surface area contributed by atoms with Crippen LogP contribution in [0.25, 0.3) is 0 Å². The molecule has 0 aromatic heterocycles. The van der Waals surface area contributed by atoms with Crippen molar-refractivity contribution in [1.29, 1.82) is 0 Å². The molecule has 36 heavy (non-hydrogen) atoms. The van der Waals surface area contributed by atoms with E-state index in [1.807, 2.05) is 31.2 Å². The molecule has 0 fully saturated rings. The Balaban J connectivity index is 2.02. The summed E-state index contributed by atoms with van der Waals surface area (Å²) in [5.74, 6) is -0.798. The van der Waals surface area contributed by atoms with Crippen molar-refractivity contribution in [3.8, 4) is 0 Å². The van der Waals surface area contributed by atoms with E-state index in [1.165, 1.54) is 17.0 Å². The number of sulfonamides is 1. The third kappa shape index (κ3) is 6.73. The molecular formula is C27H30BrN3O4S. The van der Waals surface area contributed by atoms with E-state index >= 15 is 0 Å². The average molecular weight is 573 g/mol. The number of nitrogens with one attached hydrogen (secondary N) is 1. The van der Waals surface area contributed by atoms with Crippen molar-refractivity contribution in [3.05, 3.63) is 94.5 Å². The number of aryl methyl sites for hydroxylation is 1. The van der Waals surface area contributed by atoms with Crippen LogP contribution in [0.1, 0.15) is 25.0 Å². The van der Waals surface area contributed by atoms with Gasteiger partial charge in [-0.05, 0) is 56.7 Å². The number of carbonyl (C=O) groups excluding carboxylic acids is 2. The predicted molar refractivity (Wildman–Crippen MR) is 145 cm³/mol. The quantitative estimate of drug-likeness (QED) is 0.388. The Morgan fingerprint density at radius 3 is 2.31 bits per heavy atom. The lowest BCUT2D eigenvalue weighted by molar-refractivity contribution is -0.139. The summed E-state index contributed by atoms with van der Waals surface area (Å²) >= 11 is 3.39. The molecule has 0 bridgehead atoms. The lowest BCUT2D eigenvalue weighted by Crippen LogP contribution is -2.51. The third-order valence-corrected chi connectivity index (χ3v) is 7.94. The molecule has 3 aromatic rings. The second kappa shape index (κ2) is 12.2. The van der Waals surface area contributed by atoms with E-state index in [-0.39, 0.29) is 17.3 Å². The van der Waals surface area contributed by atoms with Crippen LogP contribution in [0, 0.1) is 6.92 Å². The number of halogens is 1. The number of nitrogens with zero attached hydrogens (tertiary/aromatic N) is 2. The molecule has 3 rings (SSSR count). The molecule has 2 amide bonds. The van der Waals surface area contributed by atoms with E-state index in [2.05, 4.69) is 21.2 Å². The Morgan fingerprint density at radius 1 is 0.972 bits per heavy atom. The van der Waals surface area contributed by atoms with E-state index in [9.17, 15) is 18.0 Å². The molecule has 0 heterocycles. The fourth-order valence-corrected chi connectivity index (χ4v) is 5.61. The second-order valence-electron chi connectivity index (χ2n) is 8.39. The van der Waals surface area contributed by atoms with Crippen LogP contribution < -0.4 is 9.62 Å². The lowest BCUT2D eigenvalue weighted by Gasteiger charge is -2.32. The molecular weight excluding hydrogens is 542 g/mol. The number of rotatable bonds is 10. The maximum absolute atomic E-state index is 13.8. The highest BCUT2D eigenvalue weighted by Gasteiger charge is 2.32. The summed E-state index contributed by atoms with van der Waals surface area (Å²) in [6.07, 6.45) is 0. The molecule has 0 saturated heterocycles. The summed E-state index contributed by atoms with van der Waals surface area (Å²) < 4.78 is 29.1. The first kappa shape index (κ1) is 27.4. The van der Waals surface area contributed by atoms with Gasteiger partial charge in [0.2, 0.25) is 11.8 Å². The number of carbonyl (C=O) groups is 2. The third-order valence-electron chi connectivity index (χ3n) is 5.66. The number of benzene rings is 3. The van der Waals surface area contributed by atoms with Gasteiger partial charge in [-0.2, -0.15) is 0 Å². The highest BCUT2D eigenvalue weighted by Crippen LogP contribution is 2.27. The Hall–Kier alpha value is -3.17. The first-order valence-electron chi connectivity index (χ1n) is 11.6. The maximum Gasteiger partial charge on any atom is 0.264 e. The van der Waals surface area contributed by atoms with Crippen molar-refractivity contribution < 1.29 is 18.0 Å². The Kier molecular flexibility index (Phi) is 9.28. The van der Waals surface area contributed by atoms with Gasteiger partial charge in [-0.1, -0.05) is 70.0 Å². The average Bonchev–Trinajstić information content (AvgIpc) is 2.86. The van der Waals surface area contributed by atoms with Gasteiger partial charge in [0.1, 0.15) is 12.6 Å². The minimum Gasteiger partial charge on any atom is -0.355 e. The van der Waals surface area contributed by atoms with Gasteiger partial charge in [-0.25, -0.2) is 8.42 Å². The molecule has 190 valence electrons.